The van der Waals surface area contributed by atoms with Crippen LogP contribution in [0.2, 0.25) is 0 Å². The molecular weight excluding hydrogens is 289 g/mol. The number of carbonyl (C=O) groups is 1. The van der Waals surface area contributed by atoms with Gasteiger partial charge in [0.2, 0.25) is 0 Å². The fourth-order valence-corrected chi connectivity index (χ4v) is 3.09. The van der Waals surface area contributed by atoms with E-state index in [0.29, 0.717) is 10.4 Å². The molecule has 1 unspecified atom stereocenters. The lowest BCUT2D eigenvalue weighted by Gasteiger charge is -2.11. The molecule has 0 bridgehead atoms. The van der Waals surface area contributed by atoms with E-state index in [4.69, 9.17) is 0 Å². The Balaban J connectivity index is 1.95. The van der Waals surface area contributed by atoms with Crippen molar-refractivity contribution in [2.24, 2.45) is 0 Å². The van der Waals surface area contributed by atoms with Gasteiger partial charge in [-0.3, -0.25) is 4.79 Å². The van der Waals surface area contributed by atoms with Crippen LogP contribution in [0.5, 0.6) is 0 Å². The summed E-state index contributed by atoms with van der Waals surface area (Å²) in [6, 6.07) is 7.46. The number of carbonyl (C=O) groups excluding carboxylic acids is 1. The van der Waals surface area contributed by atoms with Crippen LogP contribution in [-0.2, 0) is 6.42 Å². The molecule has 1 atom stereocenters. The molecule has 0 fully saturated rings. The van der Waals surface area contributed by atoms with Crippen molar-refractivity contribution >= 4 is 17.2 Å². The Morgan fingerprint density at radius 1 is 1.38 bits per heavy atom. The zero-order valence-electron chi connectivity index (χ0n) is 12.0. The lowest BCUT2D eigenvalue weighted by molar-refractivity contribution is 0.0920. The number of amides is 1. The van der Waals surface area contributed by atoms with E-state index in [1.165, 1.54) is 40.5 Å². The van der Waals surface area contributed by atoms with Gasteiger partial charge in [-0.1, -0.05) is 19.1 Å². The first kappa shape index (κ1) is 15.7. The van der Waals surface area contributed by atoms with Crippen molar-refractivity contribution < 1.29 is 14.3 Å². The normalized spacial score (nSPS) is 12.2. The molecule has 0 spiro atoms. The summed E-state index contributed by atoms with van der Waals surface area (Å²) < 4.78 is 12.8. The van der Waals surface area contributed by atoms with Crippen LogP contribution in [0.3, 0.4) is 0 Å². The predicted octanol–water partition coefficient (Wildman–Crippen LogP) is 3.22. The maximum absolute atomic E-state index is 12.8. The summed E-state index contributed by atoms with van der Waals surface area (Å²) in [6.07, 6.45) is 0.0587. The molecule has 2 aromatic rings. The Labute approximate surface area is 127 Å². The molecule has 0 radical (unpaired) electrons. The molecule has 112 valence electrons. The zero-order chi connectivity index (χ0) is 15.4. The molecule has 2 rings (SSSR count). The van der Waals surface area contributed by atoms with Crippen molar-refractivity contribution in [1.29, 1.82) is 0 Å². The number of benzene rings is 1. The largest absolute Gasteiger partial charge is 0.387 e. The second-order valence-electron chi connectivity index (χ2n) is 4.85. The molecule has 21 heavy (non-hydrogen) atoms. The molecule has 0 aliphatic rings. The van der Waals surface area contributed by atoms with Gasteiger partial charge in [-0.25, -0.2) is 4.39 Å². The third-order valence-electron chi connectivity index (χ3n) is 3.28. The van der Waals surface area contributed by atoms with Gasteiger partial charge in [0, 0.05) is 11.4 Å². The fraction of sp³-hybridized carbons (Fsp3) is 0.312. The van der Waals surface area contributed by atoms with E-state index >= 15 is 0 Å². The summed E-state index contributed by atoms with van der Waals surface area (Å²) in [5.41, 5.74) is 1.69. The Morgan fingerprint density at radius 3 is 2.62 bits per heavy atom. The molecule has 5 heteroatoms. The quantitative estimate of drug-likeness (QED) is 0.891. The molecule has 1 heterocycles. The standard InChI is InChI=1S/C16H18FNO2S/c1-3-14-10(2)8-15(21-14)16(20)18-9-13(19)11-4-6-12(17)7-5-11/h4-8,13,19H,3,9H2,1-2H3,(H,18,20). The van der Waals surface area contributed by atoms with Gasteiger partial charge in [-0.05, 0) is 42.7 Å². The second kappa shape index (κ2) is 6.83. The number of aliphatic hydroxyl groups is 1. The molecule has 1 aromatic carbocycles. The smallest absolute Gasteiger partial charge is 0.261 e. The number of hydrogen-bond donors (Lipinski definition) is 2. The van der Waals surface area contributed by atoms with E-state index < -0.39 is 6.10 Å². The van der Waals surface area contributed by atoms with Crippen LogP contribution in [0.1, 0.15) is 38.7 Å². The van der Waals surface area contributed by atoms with Crippen LogP contribution in [0.4, 0.5) is 4.39 Å². The molecule has 1 amide bonds. The molecule has 0 aliphatic heterocycles. The van der Waals surface area contributed by atoms with Gasteiger partial charge in [0.1, 0.15) is 5.82 Å². The van der Waals surface area contributed by atoms with Gasteiger partial charge in [0.25, 0.3) is 5.91 Å². The average molecular weight is 307 g/mol. The minimum absolute atomic E-state index is 0.100. The van der Waals surface area contributed by atoms with Gasteiger partial charge < -0.3 is 10.4 Å². The van der Waals surface area contributed by atoms with Crippen molar-refractivity contribution in [2.75, 3.05) is 6.54 Å². The maximum atomic E-state index is 12.8. The zero-order valence-corrected chi connectivity index (χ0v) is 12.8. The van der Waals surface area contributed by atoms with Gasteiger partial charge in [-0.2, -0.15) is 0 Å². The highest BCUT2D eigenvalue weighted by atomic mass is 32.1. The fourth-order valence-electron chi connectivity index (χ4n) is 2.06. The second-order valence-corrected chi connectivity index (χ2v) is 5.98. The number of aryl methyl sites for hydroxylation is 2. The molecule has 0 saturated heterocycles. The third-order valence-corrected chi connectivity index (χ3v) is 4.66. The highest BCUT2D eigenvalue weighted by molar-refractivity contribution is 7.14. The lowest BCUT2D eigenvalue weighted by Crippen LogP contribution is -2.27. The summed E-state index contributed by atoms with van der Waals surface area (Å²) in [5.74, 6) is -0.542. The molecule has 2 N–H and O–H groups in total. The maximum Gasteiger partial charge on any atom is 0.261 e. The van der Waals surface area contributed by atoms with E-state index in [0.717, 1.165) is 12.0 Å². The van der Waals surface area contributed by atoms with Crippen molar-refractivity contribution in [1.82, 2.24) is 5.32 Å². The lowest BCUT2D eigenvalue weighted by atomic mass is 10.1. The molecule has 0 aliphatic carbocycles. The average Bonchev–Trinajstić information content (AvgIpc) is 2.86. The number of halogens is 1. The first-order valence-electron chi connectivity index (χ1n) is 6.82. The van der Waals surface area contributed by atoms with Gasteiger partial charge in [0.05, 0.1) is 11.0 Å². The third kappa shape index (κ3) is 3.89. The summed E-state index contributed by atoms with van der Waals surface area (Å²) in [6.45, 7) is 4.14. The number of thiophene rings is 1. The van der Waals surface area contributed by atoms with Crippen molar-refractivity contribution in [3.8, 4) is 0 Å². The predicted molar refractivity (Wildman–Crippen MR) is 82.1 cm³/mol. The highest BCUT2D eigenvalue weighted by Crippen LogP contribution is 2.22. The summed E-state index contributed by atoms with van der Waals surface area (Å²) in [4.78, 5) is 13.9. The van der Waals surface area contributed by atoms with E-state index in [1.54, 1.807) is 0 Å². The van der Waals surface area contributed by atoms with Crippen molar-refractivity contribution in [2.45, 2.75) is 26.4 Å². The van der Waals surface area contributed by atoms with Crippen molar-refractivity contribution in [3.63, 3.8) is 0 Å². The van der Waals surface area contributed by atoms with Crippen molar-refractivity contribution in [3.05, 3.63) is 57.0 Å². The molecule has 0 saturated carbocycles. The summed E-state index contributed by atoms with van der Waals surface area (Å²) in [7, 11) is 0. The Kier molecular flexibility index (Phi) is 5.09. The van der Waals surface area contributed by atoms with E-state index in [2.05, 4.69) is 12.2 Å². The van der Waals surface area contributed by atoms with E-state index in [-0.39, 0.29) is 18.3 Å². The molecule has 3 nitrogen and oxygen atoms in total. The number of hydrogen-bond acceptors (Lipinski definition) is 3. The van der Waals surface area contributed by atoms with Gasteiger partial charge >= 0.3 is 0 Å². The Morgan fingerprint density at radius 2 is 2.05 bits per heavy atom. The first-order chi connectivity index (χ1) is 10.0. The molecular formula is C16H18FNO2S. The monoisotopic (exact) mass is 307 g/mol. The van der Waals surface area contributed by atoms with Crippen LogP contribution in [0, 0.1) is 12.7 Å². The van der Waals surface area contributed by atoms with Crippen LogP contribution in [0.15, 0.2) is 30.3 Å². The summed E-state index contributed by atoms with van der Waals surface area (Å²) in [5, 5.41) is 12.7. The first-order valence-corrected chi connectivity index (χ1v) is 7.64. The Bertz CT molecular complexity index is 622. The topological polar surface area (TPSA) is 49.3 Å². The van der Waals surface area contributed by atoms with Gasteiger partial charge in [0.15, 0.2) is 0 Å². The van der Waals surface area contributed by atoms with E-state index in [9.17, 15) is 14.3 Å². The summed E-state index contributed by atoms with van der Waals surface area (Å²) >= 11 is 1.47. The number of rotatable bonds is 5. The Hall–Kier alpha value is -1.72. The number of nitrogens with one attached hydrogen (secondary N) is 1. The van der Waals surface area contributed by atoms with Crippen LogP contribution >= 0.6 is 11.3 Å². The number of aliphatic hydroxyl groups excluding tert-OH is 1. The van der Waals surface area contributed by atoms with Crippen LogP contribution in [-0.4, -0.2) is 17.6 Å². The van der Waals surface area contributed by atoms with Gasteiger partial charge in [-0.15, -0.1) is 11.3 Å². The van der Waals surface area contributed by atoms with E-state index in [1.807, 2.05) is 13.0 Å². The minimum Gasteiger partial charge on any atom is -0.387 e. The van der Waals surface area contributed by atoms with Crippen LogP contribution < -0.4 is 5.32 Å². The minimum atomic E-state index is -0.846. The van der Waals surface area contributed by atoms with Crippen LogP contribution in [0.25, 0.3) is 0 Å². The highest BCUT2D eigenvalue weighted by Gasteiger charge is 2.14. The molecule has 1 aromatic heterocycles. The SMILES string of the molecule is CCc1sc(C(=O)NCC(O)c2ccc(F)cc2)cc1C.